The Bertz CT molecular complexity index is 466. The lowest BCUT2D eigenvalue weighted by molar-refractivity contribution is -0.0494. The fourth-order valence-corrected chi connectivity index (χ4v) is 2.21. The summed E-state index contributed by atoms with van der Waals surface area (Å²) < 4.78 is 26.0. The lowest BCUT2D eigenvalue weighted by Gasteiger charge is -2.32. The van der Waals surface area contributed by atoms with Crippen LogP contribution in [0.3, 0.4) is 0 Å². The molecule has 1 saturated heterocycles. The van der Waals surface area contributed by atoms with E-state index >= 15 is 0 Å². The number of hydrogen-bond donors (Lipinski definition) is 0. The highest BCUT2D eigenvalue weighted by atomic mass is 35.5. The van der Waals surface area contributed by atoms with Crippen LogP contribution in [-0.2, 0) is 0 Å². The Hall–Kier alpha value is -1.16. The SMILES string of the molecule is Cc1ccc(Cl)c(C(=O)N2CCC(F)(F)CC2)c1. The third-order valence-electron chi connectivity index (χ3n) is 3.13. The molecular weight excluding hydrogens is 260 g/mol. The van der Waals surface area contributed by atoms with Crippen molar-refractivity contribution < 1.29 is 13.6 Å². The number of hydrogen-bond acceptors (Lipinski definition) is 1. The van der Waals surface area contributed by atoms with Crippen LogP contribution >= 0.6 is 11.6 Å². The van der Waals surface area contributed by atoms with Crippen LogP contribution in [0.5, 0.6) is 0 Å². The molecule has 2 nitrogen and oxygen atoms in total. The van der Waals surface area contributed by atoms with Crippen molar-refractivity contribution >= 4 is 17.5 Å². The number of alkyl halides is 2. The molecule has 18 heavy (non-hydrogen) atoms. The number of halogens is 3. The molecule has 1 heterocycles. The zero-order chi connectivity index (χ0) is 13.3. The molecule has 1 aliphatic rings. The average molecular weight is 274 g/mol. The molecule has 0 radical (unpaired) electrons. The van der Waals surface area contributed by atoms with Crippen molar-refractivity contribution in [3.05, 3.63) is 34.3 Å². The number of aryl methyl sites for hydroxylation is 1. The third kappa shape index (κ3) is 2.80. The van der Waals surface area contributed by atoms with E-state index in [-0.39, 0.29) is 31.8 Å². The Morgan fingerprint density at radius 3 is 2.56 bits per heavy atom. The van der Waals surface area contributed by atoms with Gasteiger partial charge in [0.25, 0.3) is 11.8 Å². The highest BCUT2D eigenvalue weighted by molar-refractivity contribution is 6.33. The Morgan fingerprint density at radius 1 is 1.33 bits per heavy atom. The number of carbonyl (C=O) groups is 1. The van der Waals surface area contributed by atoms with Crippen molar-refractivity contribution in [2.45, 2.75) is 25.7 Å². The summed E-state index contributed by atoms with van der Waals surface area (Å²) in [6.45, 7) is 2.02. The van der Waals surface area contributed by atoms with Gasteiger partial charge in [-0.05, 0) is 19.1 Å². The van der Waals surface area contributed by atoms with E-state index in [4.69, 9.17) is 11.6 Å². The van der Waals surface area contributed by atoms with Gasteiger partial charge in [-0.2, -0.15) is 0 Å². The van der Waals surface area contributed by atoms with E-state index in [1.165, 1.54) is 4.90 Å². The number of nitrogens with zero attached hydrogens (tertiary/aromatic N) is 1. The summed E-state index contributed by atoms with van der Waals surface area (Å²) >= 11 is 5.97. The normalized spacial score (nSPS) is 18.8. The molecule has 0 saturated carbocycles. The van der Waals surface area contributed by atoms with Crippen LogP contribution in [0.4, 0.5) is 8.78 Å². The topological polar surface area (TPSA) is 20.3 Å². The molecule has 0 atom stereocenters. The first-order valence-corrected chi connectivity index (χ1v) is 6.20. The molecule has 98 valence electrons. The molecule has 1 fully saturated rings. The number of piperidine rings is 1. The summed E-state index contributed by atoms with van der Waals surface area (Å²) in [4.78, 5) is 13.6. The van der Waals surface area contributed by atoms with Gasteiger partial charge in [0.1, 0.15) is 0 Å². The Morgan fingerprint density at radius 2 is 1.94 bits per heavy atom. The predicted octanol–water partition coefficient (Wildman–Crippen LogP) is 3.52. The number of likely N-dealkylation sites (tertiary alicyclic amines) is 1. The van der Waals surface area contributed by atoms with E-state index < -0.39 is 5.92 Å². The van der Waals surface area contributed by atoms with E-state index in [2.05, 4.69) is 0 Å². The average Bonchev–Trinajstić information content (AvgIpc) is 2.31. The lowest BCUT2D eigenvalue weighted by Crippen LogP contribution is -2.42. The van der Waals surface area contributed by atoms with E-state index in [1.54, 1.807) is 12.1 Å². The van der Waals surface area contributed by atoms with Crippen molar-refractivity contribution in [3.8, 4) is 0 Å². The highest BCUT2D eigenvalue weighted by Crippen LogP contribution is 2.29. The van der Waals surface area contributed by atoms with Gasteiger partial charge in [0.05, 0.1) is 10.6 Å². The van der Waals surface area contributed by atoms with Gasteiger partial charge >= 0.3 is 0 Å². The molecule has 0 aliphatic carbocycles. The maximum Gasteiger partial charge on any atom is 0.255 e. The van der Waals surface area contributed by atoms with Gasteiger partial charge < -0.3 is 4.90 Å². The van der Waals surface area contributed by atoms with Gasteiger partial charge in [-0.3, -0.25) is 4.79 Å². The summed E-state index contributed by atoms with van der Waals surface area (Å²) in [7, 11) is 0. The molecule has 1 aromatic rings. The van der Waals surface area contributed by atoms with Gasteiger partial charge in [-0.25, -0.2) is 8.78 Å². The van der Waals surface area contributed by atoms with Crippen LogP contribution in [0.2, 0.25) is 5.02 Å². The third-order valence-corrected chi connectivity index (χ3v) is 3.46. The van der Waals surface area contributed by atoms with Gasteiger partial charge in [0, 0.05) is 25.9 Å². The molecule has 0 unspecified atom stereocenters. The summed E-state index contributed by atoms with van der Waals surface area (Å²) in [6.07, 6.45) is -0.551. The van der Waals surface area contributed by atoms with Crippen molar-refractivity contribution in [1.29, 1.82) is 0 Å². The minimum atomic E-state index is -2.65. The van der Waals surface area contributed by atoms with Crippen LogP contribution in [0, 0.1) is 6.92 Å². The van der Waals surface area contributed by atoms with E-state index in [0.717, 1.165) is 5.56 Å². The van der Waals surface area contributed by atoms with Crippen LogP contribution in [0.1, 0.15) is 28.8 Å². The molecule has 0 N–H and O–H groups in total. The number of carbonyl (C=O) groups excluding carboxylic acids is 1. The molecule has 0 spiro atoms. The van der Waals surface area contributed by atoms with Crippen LogP contribution in [0.15, 0.2) is 18.2 Å². The fraction of sp³-hybridized carbons (Fsp3) is 0.462. The van der Waals surface area contributed by atoms with Crippen LogP contribution < -0.4 is 0 Å². The molecular formula is C13H14ClF2NO. The van der Waals surface area contributed by atoms with Crippen molar-refractivity contribution in [3.63, 3.8) is 0 Å². The van der Waals surface area contributed by atoms with Crippen molar-refractivity contribution in [2.75, 3.05) is 13.1 Å². The molecule has 1 amide bonds. The smallest absolute Gasteiger partial charge is 0.255 e. The molecule has 0 aromatic heterocycles. The maximum atomic E-state index is 13.0. The number of rotatable bonds is 1. The highest BCUT2D eigenvalue weighted by Gasteiger charge is 2.36. The second-order valence-electron chi connectivity index (χ2n) is 4.63. The Kier molecular flexibility index (Phi) is 3.57. The molecule has 1 aromatic carbocycles. The molecule has 1 aliphatic heterocycles. The summed E-state index contributed by atoms with van der Waals surface area (Å²) in [6, 6.07) is 5.16. The minimum Gasteiger partial charge on any atom is -0.338 e. The monoisotopic (exact) mass is 273 g/mol. The fourth-order valence-electron chi connectivity index (χ4n) is 2.01. The van der Waals surface area contributed by atoms with Crippen LogP contribution in [0.25, 0.3) is 0 Å². The Balaban J connectivity index is 2.15. The molecule has 2 rings (SSSR count). The number of benzene rings is 1. The molecule has 5 heteroatoms. The predicted molar refractivity (Wildman–Crippen MR) is 66.3 cm³/mol. The first-order chi connectivity index (χ1) is 8.39. The largest absolute Gasteiger partial charge is 0.338 e. The first kappa shape index (κ1) is 13.3. The second kappa shape index (κ2) is 4.84. The van der Waals surface area contributed by atoms with E-state index in [9.17, 15) is 13.6 Å². The van der Waals surface area contributed by atoms with E-state index in [1.807, 2.05) is 13.0 Å². The summed E-state index contributed by atoms with van der Waals surface area (Å²) in [5, 5.41) is 0.364. The Labute approximate surface area is 110 Å². The van der Waals surface area contributed by atoms with Crippen LogP contribution in [-0.4, -0.2) is 29.8 Å². The lowest BCUT2D eigenvalue weighted by atomic mass is 10.0. The number of amides is 1. The summed E-state index contributed by atoms with van der Waals surface area (Å²) in [5.41, 5.74) is 1.31. The second-order valence-corrected chi connectivity index (χ2v) is 5.04. The first-order valence-electron chi connectivity index (χ1n) is 5.82. The van der Waals surface area contributed by atoms with Crippen molar-refractivity contribution in [1.82, 2.24) is 4.90 Å². The van der Waals surface area contributed by atoms with Crippen molar-refractivity contribution in [2.24, 2.45) is 0 Å². The van der Waals surface area contributed by atoms with Gasteiger partial charge in [-0.1, -0.05) is 23.2 Å². The standard InChI is InChI=1S/C13H14ClF2NO/c1-9-2-3-11(14)10(8-9)12(18)17-6-4-13(15,16)5-7-17/h2-3,8H,4-7H2,1H3. The zero-order valence-corrected chi connectivity index (χ0v) is 10.8. The van der Waals surface area contributed by atoms with Gasteiger partial charge in [0.2, 0.25) is 0 Å². The zero-order valence-electron chi connectivity index (χ0n) is 10.0. The molecule has 0 bridgehead atoms. The van der Waals surface area contributed by atoms with E-state index in [0.29, 0.717) is 10.6 Å². The van der Waals surface area contributed by atoms with Gasteiger partial charge in [-0.15, -0.1) is 0 Å². The summed E-state index contributed by atoms with van der Waals surface area (Å²) in [5.74, 6) is -2.91. The minimum absolute atomic E-state index is 0.0795. The van der Waals surface area contributed by atoms with Gasteiger partial charge in [0.15, 0.2) is 0 Å². The maximum absolute atomic E-state index is 13.0. The quantitative estimate of drug-likeness (QED) is 0.767.